The third-order valence-electron chi connectivity index (χ3n) is 8.94. The Bertz CT molecular complexity index is 541. The van der Waals surface area contributed by atoms with Crippen LogP contribution in [0.4, 0.5) is 0 Å². The molecule has 2 fully saturated rings. The second-order valence-corrected chi connectivity index (χ2v) is 11.9. The van der Waals surface area contributed by atoms with E-state index in [1.165, 1.54) is 109 Å². The van der Waals surface area contributed by atoms with Crippen LogP contribution in [0.3, 0.4) is 0 Å². The van der Waals surface area contributed by atoms with E-state index in [0.29, 0.717) is 18.1 Å². The standard InChI is InChI=1S/C31H56O3/c1-4-5-6-9-26-12-14-27(15-13-26)10-7-8-11-28-16-18-29(19-17-28)24-30(20-22-32)21-23-34-31(33)25(2)3/h26-30,32H,2,4-24H2,1,3H3. The number of aliphatic hydroxyl groups is 1. The highest BCUT2D eigenvalue weighted by atomic mass is 16.5. The lowest BCUT2D eigenvalue weighted by Crippen LogP contribution is -2.19. The van der Waals surface area contributed by atoms with Gasteiger partial charge in [0.05, 0.1) is 6.61 Å². The van der Waals surface area contributed by atoms with Gasteiger partial charge in [-0.3, -0.25) is 0 Å². The summed E-state index contributed by atoms with van der Waals surface area (Å²) >= 11 is 0. The molecular formula is C31H56O3. The van der Waals surface area contributed by atoms with Crippen molar-refractivity contribution in [1.29, 1.82) is 0 Å². The summed E-state index contributed by atoms with van der Waals surface area (Å²) < 4.78 is 5.29. The van der Waals surface area contributed by atoms with Crippen molar-refractivity contribution >= 4 is 5.97 Å². The Morgan fingerprint density at radius 2 is 1.29 bits per heavy atom. The summed E-state index contributed by atoms with van der Waals surface area (Å²) in [6.07, 6.45) is 25.9. The van der Waals surface area contributed by atoms with E-state index >= 15 is 0 Å². The van der Waals surface area contributed by atoms with Gasteiger partial charge in [0.2, 0.25) is 0 Å². The van der Waals surface area contributed by atoms with Crippen LogP contribution in [-0.2, 0) is 9.53 Å². The molecule has 3 nitrogen and oxygen atoms in total. The van der Waals surface area contributed by atoms with Gasteiger partial charge in [0.1, 0.15) is 0 Å². The molecule has 34 heavy (non-hydrogen) atoms. The van der Waals surface area contributed by atoms with E-state index in [2.05, 4.69) is 13.5 Å². The lowest BCUT2D eigenvalue weighted by molar-refractivity contribution is -0.139. The molecule has 2 aliphatic rings. The molecule has 198 valence electrons. The number of ether oxygens (including phenoxy) is 1. The van der Waals surface area contributed by atoms with Gasteiger partial charge in [0.25, 0.3) is 0 Å². The molecule has 0 aromatic rings. The van der Waals surface area contributed by atoms with Crippen molar-refractivity contribution in [1.82, 2.24) is 0 Å². The number of carbonyl (C=O) groups is 1. The Morgan fingerprint density at radius 1 is 0.824 bits per heavy atom. The van der Waals surface area contributed by atoms with Crippen molar-refractivity contribution in [2.24, 2.45) is 29.6 Å². The molecule has 1 unspecified atom stereocenters. The number of unbranched alkanes of at least 4 members (excludes halogenated alkanes) is 3. The molecule has 2 rings (SSSR count). The predicted molar refractivity (Wildman–Crippen MR) is 144 cm³/mol. The van der Waals surface area contributed by atoms with Crippen molar-refractivity contribution in [2.75, 3.05) is 13.2 Å². The first-order valence-corrected chi connectivity index (χ1v) is 14.9. The fourth-order valence-electron chi connectivity index (χ4n) is 6.59. The minimum absolute atomic E-state index is 0.231. The maximum absolute atomic E-state index is 11.6. The monoisotopic (exact) mass is 476 g/mol. The lowest BCUT2D eigenvalue weighted by atomic mass is 9.75. The zero-order valence-electron chi connectivity index (χ0n) is 22.7. The van der Waals surface area contributed by atoms with Crippen molar-refractivity contribution in [2.45, 2.75) is 136 Å². The largest absolute Gasteiger partial charge is 0.462 e. The van der Waals surface area contributed by atoms with Crippen LogP contribution < -0.4 is 0 Å². The van der Waals surface area contributed by atoms with Gasteiger partial charge in [-0.15, -0.1) is 0 Å². The topological polar surface area (TPSA) is 46.5 Å². The quantitative estimate of drug-likeness (QED) is 0.130. The number of rotatable bonds is 17. The highest BCUT2D eigenvalue weighted by Crippen LogP contribution is 2.38. The summed E-state index contributed by atoms with van der Waals surface area (Å²) in [5, 5.41) is 9.45. The molecule has 0 radical (unpaired) electrons. The first-order chi connectivity index (χ1) is 16.5. The van der Waals surface area contributed by atoms with Gasteiger partial charge in [-0.2, -0.15) is 0 Å². The Kier molecular flexibility index (Phi) is 15.2. The van der Waals surface area contributed by atoms with Crippen molar-refractivity contribution in [3.8, 4) is 0 Å². The molecule has 0 saturated heterocycles. The predicted octanol–water partition coefficient (Wildman–Crippen LogP) is 8.64. The Balaban J connectivity index is 1.52. The zero-order valence-corrected chi connectivity index (χ0v) is 22.7. The molecule has 0 aliphatic heterocycles. The number of esters is 1. The maximum Gasteiger partial charge on any atom is 0.333 e. The molecule has 2 aliphatic carbocycles. The Hall–Kier alpha value is -0.830. The number of carbonyl (C=O) groups excluding carboxylic acids is 1. The van der Waals surface area contributed by atoms with Crippen molar-refractivity contribution < 1.29 is 14.6 Å². The van der Waals surface area contributed by atoms with E-state index in [9.17, 15) is 9.90 Å². The number of aliphatic hydroxyl groups excluding tert-OH is 1. The molecule has 0 heterocycles. The van der Waals surface area contributed by atoms with E-state index in [-0.39, 0.29) is 12.6 Å². The van der Waals surface area contributed by atoms with Crippen LogP contribution in [0.2, 0.25) is 0 Å². The van der Waals surface area contributed by atoms with Gasteiger partial charge in [0.15, 0.2) is 0 Å². The Labute approximate surface area is 211 Å². The smallest absolute Gasteiger partial charge is 0.333 e. The van der Waals surface area contributed by atoms with Crippen LogP contribution in [0.5, 0.6) is 0 Å². The normalized spacial score (nSPS) is 26.2. The maximum atomic E-state index is 11.6. The van der Waals surface area contributed by atoms with Crippen LogP contribution >= 0.6 is 0 Å². The molecule has 0 aromatic carbocycles. The van der Waals surface area contributed by atoms with E-state index in [0.717, 1.165) is 36.5 Å². The van der Waals surface area contributed by atoms with Crippen LogP contribution in [0.15, 0.2) is 12.2 Å². The van der Waals surface area contributed by atoms with Crippen LogP contribution in [0, 0.1) is 29.6 Å². The number of hydrogen-bond acceptors (Lipinski definition) is 3. The van der Waals surface area contributed by atoms with Gasteiger partial charge in [-0.05, 0) is 55.8 Å². The summed E-state index contributed by atoms with van der Waals surface area (Å²) in [4.78, 5) is 11.6. The highest BCUT2D eigenvalue weighted by Gasteiger charge is 2.24. The molecule has 0 spiro atoms. The van der Waals surface area contributed by atoms with E-state index < -0.39 is 0 Å². The van der Waals surface area contributed by atoms with Crippen LogP contribution in [0.1, 0.15) is 136 Å². The van der Waals surface area contributed by atoms with Gasteiger partial charge < -0.3 is 9.84 Å². The van der Waals surface area contributed by atoms with Gasteiger partial charge in [0, 0.05) is 12.2 Å². The van der Waals surface area contributed by atoms with Gasteiger partial charge in [-0.25, -0.2) is 4.79 Å². The summed E-state index contributed by atoms with van der Waals surface area (Å²) in [6.45, 7) is 8.32. The summed E-state index contributed by atoms with van der Waals surface area (Å²) in [7, 11) is 0. The molecule has 0 amide bonds. The molecule has 1 atom stereocenters. The van der Waals surface area contributed by atoms with E-state index in [1.54, 1.807) is 6.92 Å². The zero-order chi connectivity index (χ0) is 24.6. The molecule has 1 N–H and O–H groups in total. The average molecular weight is 477 g/mol. The minimum Gasteiger partial charge on any atom is -0.462 e. The summed E-state index contributed by atoms with van der Waals surface area (Å²) in [5.41, 5.74) is 0.460. The molecule has 0 aromatic heterocycles. The Morgan fingerprint density at radius 3 is 1.74 bits per heavy atom. The lowest BCUT2D eigenvalue weighted by Gasteiger charge is -2.31. The molecule has 2 saturated carbocycles. The third-order valence-corrected chi connectivity index (χ3v) is 8.94. The van der Waals surface area contributed by atoms with Crippen molar-refractivity contribution in [3.63, 3.8) is 0 Å². The fraction of sp³-hybridized carbons (Fsp3) is 0.903. The van der Waals surface area contributed by atoms with E-state index in [4.69, 9.17) is 4.74 Å². The first kappa shape index (κ1) is 29.4. The second kappa shape index (κ2) is 17.6. The molecule has 0 bridgehead atoms. The molecular weight excluding hydrogens is 420 g/mol. The minimum atomic E-state index is -0.293. The van der Waals surface area contributed by atoms with Crippen LogP contribution in [0.25, 0.3) is 0 Å². The summed E-state index contributed by atoms with van der Waals surface area (Å²) in [5.74, 6) is 3.97. The highest BCUT2D eigenvalue weighted by molar-refractivity contribution is 5.86. The van der Waals surface area contributed by atoms with Crippen LogP contribution in [-0.4, -0.2) is 24.3 Å². The summed E-state index contributed by atoms with van der Waals surface area (Å²) in [6, 6.07) is 0. The van der Waals surface area contributed by atoms with Gasteiger partial charge in [-0.1, -0.05) is 116 Å². The van der Waals surface area contributed by atoms with E-state index in [1.807, 2.05) is 0 Å². The van der Waals surface area contributed by atoms with Crippen molar-refractivity contribution in [3.05, 3.63) is 12.2 Å². The SMILES string of the molecule is C=C(C)C(=O)OCCC(CCO)CC1CCC(CCCCC2CCC(CCCCC)CC2)CC1. The second-order valence-electron chi connectivity index (χ2n) is 11.9. The fourth-order valence-corrected chi connectivity index (χ4v) is 6.59. The third kappa shape index (κ3) is 12.2. The van der Waals surface area contributed by atoms with Gasteiger partial charge >= 0.3 is 5.97 Å². The molecule has 3 heteroatoms. The average Bonchev–Trinajstić information content (AvgIpc) is 2.84. The first-order valence-electron chi connectivity index (χ1n) is 14.9. The number of hydrogen-bond donors (Lipinski definition) is 1.